The Balaban J connectivity index is 1.25. The summed E-state index contributed by atoms with van der Waals surface area (Å²) < 4.78 is 7.98. The summed E-state index contributed by atoms with van der Waals surface area (Å²) in [6.07, 6.45) is 8.36. The fourth-order valence-electron chi connectivity index (χ4n) is 4.76. The molecule has 2 bridgehead atoms. The van der Waals surface area contributed by atoms with Gasteiger partial charge in [-0.2, -0.15) is 0 Å². The van der Waals surface area contributed by atoms with E-state index >= 15 is 0 Å². The van der Waals surface area contributed by atoms with Gasteiger partial charge in [0.25, 0.3) is 0 Å². The van der Waals surface area contributed by atoms with E-state index in [1.54, 1.807) is 0 Å². The topological polar surface area (TPSA) is 70.8 Å². The molecule has 0 saturated carbocycles. The normalized spacial score (nSPS) is 29.8. The molecule has 0 aliphatic carbocycles. The number of fused-ring (bicyclic) bond motifs is 2. The van der Waals surface area contributed by atoms with Crippen molar-refractivity contribution < 1.29 is 9.53 Å². The summed E-state index contributed by atoms with van der Waals surface area (Å²) in [6, 6.07) is 1.90. The lowest BCUT2D eigenvalue weighted by molar-refractivity contribution is 0.0525. The van der Waals surface area contributed by atoms with Crippen molar-refractivity contribution in [1.29, 1.82) is 0 Å². The molecule has 3 saturated heterocycles. The zero-order valence-electron chi connectivity index (χ0n) is 18.0. The van der Waals surface area contributed by atoms with E-state index in [0.717, 1.165) is 31.0 Å². The molecular formula is C21H40N4O2S. The largest absolute Gasteiger partial charge is 0.444 e. The van der Waals surface area contributed by atoms with Gasteiger partial charge in [0.05, 0.1) is 0 Å². The first-order valence-corrected chi connectivity index (χ1v) is 12.1. The molecule has 28 heavy (non-hydrogen) atoms. The Morgan fingerprint density at radius 3 is 2.39 bits per heavy atom. The lowest BCUT2D eigenvalue weighted by Crippen LogP contribution is -2.44. The van der Waals surface area contributed by atoms with E-state index in [4.69, 9.17) is 10.5 Å². The second-order valence-electron chi connectivity index (χ2n) is 9.84. The molecule has 3 fully saturated rings. The smallest absolute Gasteiger partial charge is 0.407 e. The van der Waals surface area contributed by atoms with Crippen LogP contribution in [0.2, 0.25) is 0 Å². The van der Waals surface area contributed by atoms with Crippen molar-refractivity contribution in [3.8, 4) is 0 Å². The molecule has 0 aromatic carbocycles. The van der Waals surface area contributed by atoms with E-state index < -0.39 is 5.60 Å². The van der Waals surface area contributed by atoms with Crippen LogP contribution >= 0.6 is 11.9 Å². The van der Waals surface area contributed by atoms with Gasteiger partial charge in [-0.15, -0.1) is 0 Å². The molecule has 0 aromatic rings. The molecule has 1 amide bonds. The van der Waals surface area contributed by atoms with Crippen LogP contribution in [-0.2, 0) is 4.74 Å². The summed E-state index contributed by atoms with van der Waals surface area (Å²) in [6.45, 7) is 9.79. The maximum atomic E-state index is 11.7. The summed E-state index contributed by atoms with van der Waals surface area (Å²) in [4.78, 5) is 14.2. The van der Waals surface area contributed by atoms with Gasteiger partial charge >= 0.3 is 6.09 Å². The fraction of sp³-hybridized carbons (Fsp3) is 0.952. The van der Waals surface area contributed by atoms with E-state index in [9.17, 15) is 4.79 Å². The summed E-state index contributed by atoms with van der Waals surface area (Å²) in [5.41, 5.74) is 5.77. The van der Waals surface area contributed by atoms with Crippen LogP contribution in [0.15, 0.2) is 0 Å². The minimum Gasteiger partial charge on any atom is -0.444 e. The van der Waals surface area contributed by atoms with Gasteiger partial charge in [0.15, 0.2) is 0 Å². The monoisotopic (exact) mass is 412 g/mol. The Morgan fingerprint density at radius 1 is 1.14 bits per heavy atom. The number of likely N-dealkylation sites (tertiary alicyclic amines) is 1. The highest BCUT2D eigenvalue weighted by Crippen LogP contribution is 2.40. The molecule has 0 radical (unpaired) electrons. The van der Waals surface area contributed by atoms with Crippen LogP contribution in [0.3, 0.4) is 0 Å². The first kappa shape index (κ1) is 22.2. The van der Waals surface area contributed by atoms with E-state index in [0.29, 0.717) is 12.6 Å². The van der Waals surface area contributed by atoms with Crippen LogP contribution in [0.25, 0.3) is 0 Å². The van der Waals surface area contributed by atoms with E-state index in [1.165, 1.54) is 57.4 Å². The number of carbonyl (C=O) groups is 1. The van der Waals surface area contributed by atoms with Gasteiger partial charge < -0.3 is 20.7 Å². The molecule has 3 rings (SSSR count). The molecule has 2 atom stereocenters. The molecule has 7 heteroatoms. The van der Waals surface area contributed by atoms with Crippen molar-refractivity contribution >= 4 is 18.0 Å². The average molecular weight is 413 g/mol. The maximum absolute atomic E-state index is 11.7. The van der Waals surface area contributed by atoms with Gasteiger partial charge in [0.1, 0.15) is 5.60 Å². The van der Waals surface area contributed by atoms with Crippen molar-refractivity contribution in [3.63, 3.8) is 0 Å². The number of nitrogens with one attached hydrogen (secondary N) is 1. The minimum atomic E-state index is -0.427. The fourth-order valence-corrected chi connectivity index (χ4v) is 6.28. The molecule has 6 nitrogen and oxygen atoms in total. The van der Waals surface area contributed by atoms with E-state index in [-0.39, 0.29) is 6.09 Å². The van der Waals surface area contributed by atoms with Crippen LogP contribution in [0.5, 0.6) is 0 Å². The second kappa shape index (κ2) is 10.0. The summed E-state index contributed by atoms with van der Waals surface area (Å²) in [5.74, 6) is 2.12. The van der Waals surface area contributed by atoms with E-state index in [1.807, 2.05) is 20.8 Å². The third-order valence-electron chi connectivity index (χ3n) is 6.19. The summed E-state index contributed by atoms with van der Waals surface area (Å²) >= 11 is 2.11. The van der Waals surface area contributed by atoms with Crippen molar-refractivity contribution in [3.05, 3.63) is 0 Å². The standard InChI is InChI=1S/C21H40N4O2S/c1-21(2,3)27-20(26)23-9-4-10-24-11-7-16(8-12-24)15-28-25-18-5-6-19(25)14-17(22)13-18/h16-19H,4-15,22H2,1-3H3,(H,23,26). The zero-order chi connectivity index (χ0) is 20.1. The number of hydrogen-bond acceptors (Lipinski definition) is 6. The molecular weight excluding hydrogens is 372 g/mol. The number of alkyl carbamates (subject to hydrolysis) is 1. The van der Waals surface area contributed by atoms with Gasteiger partial charge in [-0.25, -0.2) is 9.10 Å². The number of rotatable bonds is 7. The number of piperidine rings is 2. The lowest BCUT2D eigenvalue weighted by Gasteiger charge is -2.38. The summed E-state index contributed by atoms with van der Waals surface area (Å²) in [5, 5.41) is 2.86. The van der Waals surface area contributed by atoms with Crippen molar-refractivity contribution in [2.75, 3.05) is 31.9 Å². The first-order valence-electron chi connectivity index (χ1n) is 11.2. The summed E-state index contributed by atoms with van der Waals surface area (Å²) in [7, 11) is 0. The van der Waals surface area contributed by atoms with Gasteiger partial charge in [0.2, 0.25) is 0 Å². The Labute approximate surface area is 175 Å². The molecule has 3 aliphatic heterocycles. The molecule has 3 aliphatic rings. The number of nitrogens with zero attached hydrogens (tertiary/aromatic N) is 2. The van der Waals surface area contributed by atoms with Crippen molar-refractivity contribution in [2.24, 2.45) is 11.7 Å². The van der Waals surface area contributed by atoms with Crippen LogP contribution in [-0.4, -0.2) is 71.0 Å². The van der Waals surface area contributed by atoms with Crippen LogP contribution in [0.4, 0.5) is 4.79 Å². The van der Waals surface area contributed by atoms with Gasteiger partial charge in [-0.3, -0.25) is 0 Å². The molecule has 2 unspecified atom stereocenters. The number of hydrogen-bond donors (Lipinski definition) is 2. The molecule has 3 heterocycles. The number of amides is 1. The van der Waals surface area contributed by atoms with Gasteiger partial charge in [-0.05, 0) is 91.3 Å². The van der Waals surface area contributed by atoms with Crippen LogP contribution in [0, 0.1) is 5.92 Å². The third-order valence-corrected chi connectivity index (χ3v) is 7.70. The first-order chi connectivity index (χ1) is 13.3. The van der Waals surface area contributed by atoms with Crippen LogP contribution < -0.4 is 11.1 Å². The Hall–Kier alpha value is -0.500. The number of carbonyl (C=O) groups excluding carboxylic acids is 1. The zero-order valence-corrected chi connectivity index (χ0v) is 18.8. The third kappa shape index (κ3) is 6.78. The second-order valence-corrected chi connectivity index (χ2v) is 10.9. The Bertz CT molecular complexity index is 491. The highest BCUT2D eigenvalue weighted by Gasteiger charge is 2.40. The highest BCUT2D eigenvalue weighted by atomic mass is 32.2. The highest BCUT2D eigenvalue weighted by molar-refractivity contribution is 7.97. The quantitative estimate of drug-likeness (QED) is 0.494. The molecule has 0 aromatic heterocycles. The van der Waals surface area contributed by atoms with Crippen molar-refractivity contribution in [2.45, 2.75) is 89.4 Å². The minimum absolute atomic E-state index is 0.309. The van der Waals surface area contributed by atoms with Crippen molar-refractivity contribution in [1.82, 2.24) is 14.5 Å². The number of ether oxygens (including phenoxy) is 1. The average Bonchev–Trinajstić information content (AvgIpc) is 2.86. The molecule has 162 valence electrons. The number of nitrogens with two attached hydrogens (primary N) is 1. The Morgan fingerprint density at radius 2 is 1.79 bits per heavy atom. The molecule has 0 spiro atoms. The van der Waals surface area contributed by atoms with Gasteiger partial charge in [0, 0.05) is 30.4 Å². The maximum Gasteiger partial charge on any atom is 0.407 e. The van der Waals surface area contributed by atoms with E-state index in [2.05, 4.69) is 26.5 Å². The van der Waals surface area contributed by atoms with Gasteiger partial charge in [-0.1, -0.05) is 11.9 Å². The molecule has 3 N–H and O–H groups in total. The lowest BCUT2D eigenvalue weighted by atomic mass is 9.99. The SMILES string of the molecule is CC(C)(C)OC(=O)NCCCN1CCC(CSN2C3CCC2CC(N)C3)CC1. The predicted octanol–water partition coefficient (Wildman–Crippen LogP) is 3.22. The van der Waals surface area contributed by atoms with Crippen LogP contribution in [0.1, 0.15) is 65.7 Å². The Kier molecular flexibility index (Phi) is 7.93. The predicted molar refractivity (Wildman–Crippen MR) is 116 cm³/mol.